The van der Waals surface area contributed by atoms with Gasteiger partial charge in [-0.1, -0.05) is 28.9 Å². The van der Waals surface area contributed by atoms with E-state index >= 15 is 0 Å². The van der Waals surface area contributed by atoms with Gasteiger partial charge in [-0.25, -0.2) is 8.78 Å². The van der Waals surface area contributed by atoms with Gasteiger partial charge >= 0.3 is 0 Å². The van der Waals surface area contributed by atoms with Crippen LogP contribution in [0.5, 0.6) is 0 Å². The van der Waals surface area contributed by atoms with Crippen molar-refractivity contribution in [3.8, 4) is 5.69 Å². The Labute approximate surface area is 195 Å². The minimum Gasteiger partial charge on any atom is -0.392 e. The Balaban J connectivity index is 1.80. The van der Waals surface area contributed by atoms with Gasteiger partial charge in [0, 0.05) is 42.5 Å². The fraction of sp³-hybridized carbons (Fsp3) is 0.280. The second-order valence-electron chi connectivity index (χ2n) is 8.20. The lowest BCUT2D eigenvalue weighted by Crippen LogP contribution is -2.33. The molecule has 1 aliphatic heterocycles. The molecular weight excluding hydrogens is 448 g/mol. The van der Waals surface area contributed by atoms with E-state index in [2.05, 4.69) is 10.1 Å². The molecule has 1 saturated heterocycles. The first-order chi connectivity index (χ1) is 15.8. The lowest BCUT2D eigenvalue weighted by molar-refractivity contribution is 0.0163. The highest BCUT2D eigenvalue weighted by Gasteiger charge is 2.21. The Morgan fingerprint density at radius 2 is 1.88 bits per heavy atom. The summed E-state index contributed by atoms with van der Waals surface area (Å²) < 4.78 is 29.7. The number of benzene rings is 2. The number of aromatic nitrogens is 1. The normalized spacial score (nSPS) is 15.6. The van der Waals surface area contributed by atoms with E-state index in [0.717, 1.165) is 43.6 Å². The quantitative estimate of drug-likeness (QED) is 0.391. The number of likely N-dealkylation sites (tertiary alicyclic amines) is 1. The van der Waals surface area contributed by atoms with Gasteiger partial charge in [-0.3, -0.25) is 9.36 Å². The van der Waals surface area contributed by atoms with Crippen LogP contribution in [0, 0.1) is 18.6 Å². The molecule has 8 heteroatoms. The number of nitrogens with zero attached hydrogens (tertiary/aromatic N) is 3. The molecule has 0 atom stereocenters. The molecule has 0 saturated carbocycles. The number of piperidine rings is 1. The van der Waals surface area contributed by atoms with Crippen LogP contribution in [-0.4, -0.2) is 41.4 Å². The molecule has 0 unspecified atom stereocenters. The first-order valence-electron chi connectivity index (χ1n) is 10.7. The summed E-state index contributed by atoms with van der Waals surface area (Å²) in [5, 5.41) is 4.71. The highest BCUT2D eigenvalue weighted by molar-refractivity contribution is 6.32. The van der Waals surface area contributed by atoms with E-state index < -0.39 is 11.6 Å². The molecule has 0 amide bonds. The summed E-state index contributed by atoms with van der Waals surface area (Å²) >= 11 is 6.38. The van der Waals surface area contributed by atoms with Gasteiger partial charge < -0.3 is 9.74 Å². The molecule has 172 valence electrons. The van der Waals surface area contributed by atoms with Crippen LogP contribution in [0.15, 0.2) is 64.7 Å². The maximum Gasteiger partial charge on any atom is 0.255 e. The van der Waals surface area contributed by atoms with Crippen LogP contribution >= 0.6 is 11.6 Å². The van der Waals surface area contributed by atoms with Crippen molar-refractivity contribution < 1.29 is 13.6 Å². The second kappa shape index (κ2) is 9.85. The average molecular weight is 472 g/mol. The molecule has 1 aliphatic rings. The summed E-state index contributed by atoms with van der Waals surface area (Å²) in [6, 6.07) is 11.5. The predicted molar refractivity (Wildman–Crippen MR) is 125 cm³/mol. The molecular formula is C25H24ClF2N3O2. The second-order valence-corrected chi connectivity index (χ2v) is 8.61. The van der Waals surface area contributed by atoms with Crippen molar-refractivity contribution in [1.29, 1.82) is 0 Å². The summed E-state index contributed by atoms with van der Waals surface area (Å²) in [5.74, 6) is -1.46. The molecule has 4 rings (SSSR count). The zero-order valence-electron chi connectivity index (χ0n) is 18.4. The van der Waals surface area contributed by atoms with Gasteiger partial charge in [0.1, 0.15) is 23.5 Å². The molecule has 0 bridgehead atoms. The van der Waals surface area contributed by atoms with E-state index in [1.54, 1.807) is 24.4 Å². The van der Waals surface area contributed by atoms with Crippen LogP contribution in [0.25, 0.3) is 5.69 Å². The minimum atomic E-state index is -0.771. The summed E-state index contributed by atoms with van der Waals surface area (Å²) in [6.45, 7) is 3.59. The molecule has 3 aromatic rings. The number of pyridine rings is 1. The molecule has 1 fully saturated rings. The van der Waals surface area contributed by atoms with E-state index in [9.17, 15) is 13.6 Å². The van der Waals surface area contributed by atoms with Gasteiger partial charge in [-0.05, 0) is 56.6 Å². The Bertz CT molecular complexity index is 1230. The third-order valence-corrected chi connectivity index (χ3v) is 6.06. The fourth-order valence-electron chi connectivity index (χ4n) is 3.89. The zero-order valence-corrected chi connectivity index (χ0v) is 19.1. The first-order valence-corrected chi connectivity index (χ1v) is 11.1. The topological polar surface area (TPSA) is 46.8 Å². The van der Waals surface area contributed by atoms with Gasteiger partial charge in [0.15, 0.2) is 0 Å². The van der Waals surface area contributed by atoms with Crippen LogP contribution in [0.2, 0.25) is 5.02 Å². The standard InChI is InChI=1S/C25H24ClF2N3O2/c1-16-4-3-5-21(26)25(16)31-15-17(6-9-23(31)32)24(20-8-7-18(27)14-22(20)28)29-33-19-10-12-30(2)13-11-19/h3-9,14-15,19H,10-13H2,1-2H3/b29-24-. The van der Waals surface area contributed by atoms with Crippen molar-refractivity contribution in [2.75, 3.05) is 20.1 Å². The van der Waals surface area contributed by atoms with Crippen molar-refractivity contribution >= 4 is 17.3 Å². The summed E-state index contributed by atoms with van der Waals surface area (Å²) in [6.07, 6.45) is 3.02. The summed E-state index contributed by atoms with van der Waals surface area (Å²) in [5.41, 5.74) is 1.71. The molecule has 2 aromatic carbocycles. The number of hydrogen-bond acceptors (Lipinski definition) is 4. The maximum atomic E-state index is 14.8. The van der Waals surface area contributed by atoms with E-state index in [1.807, 2.05) is 20.0 Å². The Morgan fingerprint density at radius 1 is 1.12 bits per heavy atom. The minimum absolute atomic E-state index is 0.0745. The fourth-order valence-corrected chi connectivity index (χ4v) is 4.20. The third kappa shape index (κ3) is 5.15. The van der Waals surface area contributed by atoms with E-state index in [4.69, 9.17) is 16.4 Å². The smallest absolute Gasteiger partial charge is 0.255 e. The highest BCUT2D eigenvalue weighted by atomic mass is 35.5. The number of rotatable bonds is 5. The van der Waals surface area contributed by atoms with Gasteiger partial charge in [-0.15, -0.1) is 0 Å². The van der Waals surface area contributed by atoms with Gasteiger partial charge in [-0.2, -0.15) is 0 Å². The number of halogens is 3. The van der Waals surface area contributed by atoms with Crippen LogP contribution < -0.4 is 5.56 Å². The van der Waals surface area contributed by atoms with Crippen LogP contribution in [-0.2, 0) is 4.84 Å². The van der Waals surface area contributed by atoms with Crippen molar-refractivity contribution in [1.82, 2.24) is 9.47 Å². The molecule has 1 aromatic heterocycles. The lowest BCUT2D eigenvalue weighted by atomic mass is 10.0. The number of para-hydroxylation sites is 1. The number of hydrogen-bond donors (Lipinski definition) is 0. The van der Waals surface area contributed by atoms with E-state index in [-0.39, 0.29) is 22.9 Å². The first kappa shape index (κ1) is 23.1. The van der Waals surface area contributed by atoms with Gasteiger partial charge in [0.05, 0.1) is 10.7 Å². The van der Waals surface area contributed by atoms with Crippen LogP contribution in [0.3, 0.4) is 0 Å². The highest BCUT2D eigenvalue weighted by Crippen LogP contribution is 2.24. The van der Waals surface area contributed by atoms with E-state index in [0.29, 0.717) is 16.3 Å². The largest absolute Gasteiger partial charge is 0.392 e. The molecule has 0 aliphatic carbocycles. The van der Waals surface area contributed by atoms with Crippen molar-refractivity contribution in [3.05, 3.63) is 98.4 Å². The lowest BCUT2D eigenvalue weighted by Gasteiger charge is -2.27. The Morgan fingerprint density at radius 3 is 2.58 bits per heavy atom. The monoisotopic (exact) mass is 471 g/mol. The summed E-state index contributed by atoms with van der Waals surface area (Å²) in [7, 11) is 2.04. The predicted octanol–water partition coefficient (Wildman–Crippen LogP) is 4.94. The van der Waals surface area contributed by atoms with Crippen molar-refractivity contribution in [2.45, 2.75) is 25.9 Å². The SMILES string of the molecule is Cc1cccc(Cl)c1-n1cc(/C(=N/OC2CCN(C)CC2)c2ccc(F)cc2F)ccc1=O. The van der Waals surface area contributed by atoms with Gasteiger partial charge in [0.25, 0.3) is 5.56 Å². The van der Waals surface area contributed by atoms with Crippen LogP contribution in [0.1, 0.15) is 29.5 Å². The third-order valence-electron chi connectivity index (χ3n) is 5.76. The van der Waals surface area contributed by atoms with Gasteiger partial charge in [0.2, 0.25) is 0 Å². The molecule has 2 heterocycles. The molecule has 5 nitrogen and oxygen atoms in total. The average Bonchev–Trinajstić information content (AvgIpc) is 2.78. The van der Waals surface area contributed by atoms with Crippen molar-refractivity contribution in [2.24, 2.45) is 5.16 Å². The molecule has 0 spiro atoms. The molecule has 33 heavy (non-hydrogen) atoms. The number of aryl methyl sites for hydroxylation is 1. The summed E-state index contributed by atoms with van der Waals surface area (Å²) in [4.78, 5) is 20.7. The van der Waals surface area contributed by atoms with Crippen LogP contribution in [0.4, 0.5) is 8.78 Å². The Hall–Kier alpha value is -3.03. The van der Waals surface area contributed by atoms with Crippen molar-refractivity contribution in [3.63, 3.8) is 0 Å². The number of oxime groups is 1. The molecule has 0 radical (unpaired) electrons. The Kier molecular flexibility index (Phi) is 6.91. The molecule has 0 N–H and O–H groups in total. The zero-order chi connectivity index (χ0) is 23.5. The van der Waals surface area contributed by atoms with E-state index in [1.165, 1.54) is 16.7 Å². The maximum absolute atomic E-state index is 14.8.